The van der Waals surface area contributed by atoms with Gasteiger partial charge in [0.25, 0.3) is 0 Å². The molecule has 2 aliphatic rings. The Morgan fingerprint density at radius 2 is 2.05 bits per heavy atom. The Bertz CT molecular complexity index is 417. The summed E-state index contributed by atoms with van der Waals surface area (Å²) in [6.07, 6.45) is 4.28. The molecule has 1 aromatic carbocycles. The topological polar surface area (TPSA) is 24.5 Å². The minimum atomic E-state index is 0.415. The highest BCUT2D eigenvalue weighted by atomic mass is 16.5. The number of fused-ring (bicyclic) bond motifs is 1. The van der Waals surface area contributed by atoms with Gasteiger partial charge >= 0.3 is 0 Å². The van der Waals surface area contributed by atoms with Crippen molar-refractivity contribution in [3.8, 4) is 0 Å². The molecule has 0 amide bonds. The zero-order valence-corrected chi connectivity index (χ0v) is 11.9. The molecule has 0 bridgehead atoms. The Hall–Kier alpha value is -1.06. The van der Waals surface area contributed by atoms with Crippen LogP contribution in [0.2, 0.25) is 0 Å². The van der Waals surface area contributed by atoms with Gasteiger partial charge in [0.2, 0.25) is 0 Å². The van der Waals surface area contributed by atoms with Crippen molar-refractivity contribution in [1.29, 1.82) is 0 Å². The van der Waals surface area contributed by atoms with Crippen LogP contribution in [-0.4, -0.2) is 32.3 Å². The number of nitrogens with one attached hydrogen (secondary N) is 1. The molecule has 104 valence electrons. The summed E-state index contributed by atoms with van der Waals surface area (Å²) in [6.45, 7) is 4.09. The number of benzene rings is 1. The van der Waals surface area contributed by atoms with Crippen LogP contribution in [0.25, 0.3) is 0 Å². The lowest BCUT2D eigenvalue weighted by molar-refractivity contribution is 0.0256. The van der Waals surface area contributed by atoms with Gasteiger partial charge in [-0.2, -0.15) is 0 Å². The van der Waals surface area contributed by atoms with E-state index >= 15 is 0 Å². The lowest BCUT2D eigenvalue weighted by Crippen LogP contribution is -2.48. The van der Waals surface area contributed by atoms with Crippen LogP contribution in [0.15, 0.2) is 24.3 Å². The van der Waals surface area contributed by atoms with E-state index in [1.807, 2.05) is 7.05 Å². The van der Waals surface area contributed by atoms with Crippen LogP contribution in [0.3, 0.4) is 0 Å². The van der Waals surface area contributed by atoms with E-state index in [2.05, 4.69) is 41.4 Å². The van der Waals surface area contributed by atoms with E-state index < -0.39 is 0 Å². The first-order valence-electron chi connectivity index (χ1n) is 7.45. The summed E-state index contributed by atoms with van der Waals surface area (Å²) in [5.41, 5.74) is 2.70. The molecule has 0 spiro atoms. The molecule has 2 fully saturated rings. The summed E-state index contributed by atoms with van der Waals surface area (Å²) >= 11 is 0. The minimum Gasteiger partial charge on any atom is -0.374 e. The van der Waals surface area contributed by atoms with E-state index in [1.165, 1.54) is 30.5 Å². The second-order valence-electron chi connectivity index (χ2n) is 5.70. The summed E-state index contributed by atoms with van der Waals surface area (Å²) in [7, 11) is 2.00. The zero-order valence-electron chi connectivity index (χ0n) is 11.9. The number of ether oxygens (including phenoxy) is 1. The van der Waals surface area contributed by atoms with E-state index in [0.717, 1.165) is 13.2 Å². The average molecular weight is 260 g/mol. The summed E-state index contributed by atoms with van der Waals surface area (Å²) in [6, 6.07) is 10.0. The van der Waals surface area contributed by atoms with Crippen LogP contribution in [-0.2, 0) is 4.74 Å². The maximum absolute atomic E-state index is 5.88. The molecule has 1 heterocycles. The predicted molar refractivity (Wildman–Crippen MR) is 78.6 cm³/mol. The van der Waals surface area contributed by atoms with Gasteiger partial charge in [0.15, 0.2) is 0 Å². The standard InChI is InChI=1S/C16H24N2O/c1-12(17-2)13-6-8-14(9-7-13)18-10-11-19-16-5-3-4-15(16)18/h6-9,12,15-17H,3-5,10-11H2,1-2H3. The fourth-order valence-electron chi connectivity index (χ4n) is 3.37. The van der Waals surface area contributed by atoms with E-state index in [-0.39, 0.29) is 0 Å². The Kier molecular flexibility index (Phi) is 3.76. The third-order valence-electron chi connectivity index (χ3n) is 4.64. The van der Waals surface area contributed by atoms with Gasteiger partial charge in [-0.3, -0.25) is 0 Å². The molecule has 3 nitrogen and oxygen atoms in total. The molecule has 1 saturated heterocycles. The van der Waals surface area contributed by atoms with Crippen molar-refractivity contribution in [3.05, 3.63) is 29.8 Å². The van der Waals surface area contributed by atoms with Crippen molar-refractivity contribution in [3.63, 3.8) is 0 Å². The van der Waals surface area contributed by atoms with Gasteiger partial charge in [0.1, 0.15) is 0 Å². The van der Waals surface area contributed by atoms with Gasteiger partial charge in [-0.1, -0.05) is 12.1 Å². The number of rotatable bonds is 3. The molecule has 1 aliphatic heterocycles. The molecular formula is C16H24N2O. The normalized spacial score (nSPS) is 28.2. The third kappa shape index (κ3) is 2.49. The Labute approximate surface area is 115 Å². The largest absolute Gasteiger partial charge is 0.374 e. The maximum atomic E-state index is 5.88. The van der Waals surface area contributed by atoms with E-state index in [1.54, 1.807) is 0 Å². The molecule has 0 aromatic heterocycles. The lowest BCUT2D eigenvalue weighted by atomic mass is 10.1. The van der Waals surface area contributed by atoms with Crippen LogP contribution < -0.4 is 10.2 Å². The lowest BCUT2D eigenvalue weighted by Gasteiger charge is -2.39. The fraction of sp³-hybridized carbons (Fsp3) is 0.625. The van der Waals surface area contributed by atoms with Crippen LogP contribution in [0.1, 0.15) is 37.8 Å². The van der Waals surface area contributed by atoms with Crippen molar-refractivity contribution < 1.29 is 4.74 Å². The molecule has 19 heavy (non-hydrogen) atoms. The van der Waals surface area contributed by atoms with Crippen molar-refractivity contribution in [2.45, 2.75) is 44.4 Å². The number of hydrogen-bond donors (Lipinski definition) is 1. The molecule has 3 heteroatoms. The van der Waals surface area contributed by atoms with Crippen molar-refractivity contribution in [2.24, 2.45) is 0 Å². The van der Waals surface area contributed by atoms with Gasteiger partial charge in [-0.25, -0.2) is 0 Å². The highest BCUT2D eigenvalue weighted by Gasteiger charge is 2.36. The second-order valence-corrected chi connectivity index (χ2v) is 5.70. The van der Waals surface area contributed by atoms with Crippen molar-refractivity contribution in [1.82, 2.24) is 5.32 Å². The van der Waals surface area contributed by atoms with Crippen LogP contribution >= 0.6 is 0 Å². The zero-order chi connectivity index (χ0) is 13.2. The van der Waals surface area contributed by atoms with E-state index in [0.29, 0.717) is 18.2 Å². The van der Waals surface area contributed by atoms with Gasteiger partial charge in [-0.15, -0.1) is 0 Å². The first kappa shape index (κ1) is 12.9. The van der Waals surface area contributed by atoms with Crippen LogP contribution in [0.4, 0.5) is 5.69 Å². The molecule has 1 N–H and O–H groups in total. The highest BCUT2D eigenvalue weighted by Crippen LogP contribution is 2.33. The number of hydrogen-bond acceptors (Lipinski definition) is 3. The molecule has 3 rings (SSSR count). The smallest absolute Gasteiger partial charge is 0.0779 e. The third-order valence-corrected chi connectivity index (χ3v) is 4.64. The van der Waals surface area contributed by atoms with Crippen LogP contribution in [0, 0.1) is 0 Å². The summed E-state index contributed by atoms with van der Waals surface area (Å²) in [4.78, 5) is 2.55. The van der Waals surface area contributed by atoms with Gasteiger partial charge < -0.3 is 15.0 Å². The molecule has 1 saturated carbocycles. The van der Waals surface area contributed by atoms with Crippen molar-refractivity contribution in [2.75, 3.05) is 25.1 Å². The van der Waals surface area contributed by atoms with Gasteiger partial charge in [0.05, 0.1) is 18.8 Å². The van der Waals surface area contributed by atoms with E-state index in [9.17, 15) is 0 Å². The van der Waals surface area contributed by atoms with Gasteiger partial charge in [-0.05, 0) is 50.9 Å². The van der Waals surface area contributed by atoms with Crippen LogP contribution in [0.5, 0.6) is 0 Å². The Morgan fingerprint density at radius 1 is 1.26 bits per heavy atom. The number of nitrogens with zero attached hydrogens (tertiary/aromatic N) is 1. The predicted octanol–water partition coefficient (Wildman–Crippen LogP) is 2.72. The molecule has 3 unspecified atom stereocenters. The molecule has 0 radical (unpaired) electrons. The first-order valence-corrected chi connectivity index (χ1v) is 7.45. The number of morpholine rings is 1. The average Bonchev–Trinajstić information content (AvgIpc) is 2.95. The fourth-order valence-corrected chi connectivity index (χ4v) is 3.37. The molecule has 1 aromatic rings. The Balaban J connectivity index is 1.77. The minimum absolute atomic E-state index is 0.415. The van der Waals surface area contributed by atoms with E-state index in [4.69, 9.17) is 4.74 Å². The van der Waals surface area contributed by atoms with Crippen molar-refractivity contribution >= 4 is 5.69 Å². The molecule has 3 atom stereocenters. The number of anilines is 1. The SMILES string of the molecule is CNC(C)c1ccc(N2CCOC3CCCC32)cc1. The highest BCUT2D eigenvalue weighted by molar-refractivity contribution is 5.50. The maximum Gasteiger partial charge on any atom is 0.0779 e. The second kappa shape index (κ2) is 5.51. The summed E-state index contributed by atoms with van der Waals surface area (Å²) in [5.74, 6) is 0. The molecular weight excluding hydrogens is 236 g/mol. The summed E-state index contributed by atoms with van der Waals surface area (Å²) in [5, 5.41) is 3.28. The monoisotopic (exact) mass is 260 g/mol. The first-order chi connectivity index (χ1) is 9.29. The Morgan fingerprint density at radius 3 is 2.79 bits per heavy atom. The van der Waals surface area contributed by atoms with Gasteiger partial charge in [0, 0.05) is 18.3 Å². The summed E-state index contributed by atoms with van der Waals surface area (Å²) < 4.78 is 5.88. The molecule has 1 aliphatic carbocycles. The quantitative estimate of drug-likeness (QED) is 0.904.